The number of halogens is 1. The van der Waals surface area contributed by atoms with Crippen LogP contribution in [0.2, 0.25) is 5.02 Å². The molecule has 0 saturated carbocycles. The van der Waals surface area contributed by atoms with Gasteiger partial charge < -0.3 is 23.4 Å². The second-order valence-corrected chi connectivity index (χ2v) is 8.24. The van der Waals surface area contributed by atoms with Gasteiger partial charge in [0.2, 0.25) is 16.9 Å². The van der Waals surface area contributed by atoms with Gasteiger partial charge in [-0.2, -0.15) is 0 Å². The Bertz CT molecular complexity index is 1480. The van der Waals surface area contributed by atoms with E-state index < -0.39 is 11.4 Å². The highest BCUT2D eigenvalue weighted by Crippen LogP contribution is 2.40. The van der Waals surface area contributed by atoms with Crippen LogP contribution in [0, 0.1) is 13.8 Å². The Balaban J connectivity index is 1.93. The lowest BCUT2D eigenvalue weighted by Gasteiger charge is -2.15. The molecule has 4 rings (SSSR count). The first kappa shape index (κ1) is 24.2. The van der Waals surface area contributed by atoms with E-state index in [-0.39, 0.29) is 28.6 Å². The molecule has 0 fully saturated rings. The van der Waals surface area contributed by atoms with Gasteiger partial charge in [0.15, 0.2) is 17.3 Å². The van der Waals surface area contributed by atoms with E-state index in [0.717, 1.165) is 11.1 Å². The Kier molecular flexibility index (Phi) is 6.71. The van der Waals surface area contributed by atoms with Crippen LogP contribution < -0.4 is 24.4 Å². The summed E-state index contributed by atoms with van der Waals surface area (Å²) in [6.45, 7) is 3.71. The van der Waals surface area contributed by atoms with Crippen molar-refractivity contribution in [2.45, 2.75) is 13.8 Å². The van der Waals surface area contributed by atoms with Crippen LogP contribution in [0.25, 0.3) is 22.3 Å². The van der Waals surface area contributed by atoms with E-state index >= 15 is 0 Å². The number of aryl methyl sites for hydroxylation is 2. The largest absolute Gasteiger partial charge is 0.493 e. The highest BCUT2D eigenvalue weighted by Gasteiger charge is 2.25. The average molecular weight is 495 g/mol. The van der Waals surface area contributed by atoms with Crippen LogP contribution in [0.4, 0.5) is 0 Å². The summed E-state index contributed by atoms with van der Waals surface area (Å²) in [5.41, 5.74) is 2.05. The van der Waals surface area contributed by atoms with Gasteiger partial charge >= 0.3 is 5.97 Å². The number of fused-ring (bicyclic) bond motifs is 1. The molecule has 0 N–H and O–H groups in total. The Morgan fingerprint density at radius 1 is 0.886 bits per heavy atom. The number of carbonyl (C=O) groups is 1. The number of methoxy groups -OCH3 is 3. The highest BCUT2D eigenvalue weighted by atomic mass is 35.5. The van der Waals surface area contributed by atoms with E-state index in [0.29, 0.717) is 27.3 Å². The van der Waals surface area contributed by atoms with Crippen LogP contribution in [0.1, 0.15) is 21.5 Å². The normalized spacial score (nSPS) is 10.8. The molecule has 7 nitrogen and oxygen atoms in total. The maximum absolute atomic E-state index is 13.6. The standard InChI is InChI=1S/C27H23ClO7/c1-14-10-15(2)23-18(11-14)22(29)26(24(34-23)17-8-6-7-9-19(17)28)35-27(30)16-12-20(31-3)25(33-5)21(13-16)32-4/h6-13H,1-5H3. The molecule has 35 heavy (non-hydrogen) atoms. The molecule has 0 radical (unpaired) electrons. The first-order valence-electron chi connectivity index (χ1n) is 10.6. The molecule has 4 aromatic rings. The van der Waals surface area contributed by atoms with Gasteiger partial charge in [0.05, 0.1) is 37.3 Å². The molecule has 180 valence electrons. The predicted molar refractivity (Wildman–Crippen MR) is 133 cm³/mol. The van der Waals surface area contributed by atoms with Gasteiger partial charge in [-0.1, -0.05) is 29.8 Å². The number of benzene rings is 3. The summed E-state index contributed by atoms with van der Waals surface area (Å²) >= 11 is 6.42. The SMILES string of the molecule is COc1cc(C(=O)Oc2c(-c3ccccc3Cl)oc3c(C)cc(C)cc3c2=O)cc(OC)c1OC. The fourth-order valence-electron chi connectivity index (χ4n) is 3.90. The minimum atomic E-state index is -0.811. The minimum Gasteiger partial charge on any atom is -0.493 e. The lowest BCUT2D eigenvalue weighted by Crippen LogP contribution is -2.17. The fourth-order valence-corrected chi connectivity index (χ4v) is 4.12. The fraction of sp³-hybridized carbons (Fsp3) is 0.185. The van der Waals surface area contributed by atoms with Crippen LogP contribution in [-0.4, -0.2) is 27.3 Å². The van der Waals surface area contributed by atoms with Crippen molar-refractivity contribution in [2.24, 2.45) is 0 Å². The van der Waals surface area contributed by atoms with E-state index in [1.54, 1.807) is 30.3 Å². The first-order valence-corrected chi connectivity index (χ1v) is 11.0. The second-order valence-electron chi connectivity index (χ2n) is 7.83. The molecule has 0 aliphatic heterocycles. The van der Waals surface area contributed by atoms with Crippen molar-refractivity contribution in [1.29, 1.82) is 0 Å². The summed E-state index contributed by atoms with van der Waals surface area (Å²) in [7, 11) is 4.33. The van der Waals surface area contributed by atoms with Crippen LogP contribution >= 0.6 is 11.6 Å². The van der Waals surface area contributed by atoms with Gasteiger partial charge in [-0.15, -0.1) is 0 Å². The van der Waals surface area contributed by atoms with E-state index in [2.05, 4.69) is 0 Å². The van der Waals surface area contributed by atoms with E-state index in [9.17, 15) is 9.59 Å². The van der Waals surface area contributed by atoms with Crippen LogP contribution in [0.3, 0.4) is 0 Å². The lowest BCUT2D eigenvalue weighted by molar-refractivity contribution is 0.0730. The Morgan fingerprint density at radius 3 is 2.14 bits per heavy atom. The molecular formula is C27H23ClO7. The van der Waals surface area contributed by atoms with E-state index in [4.69, 9.17) is 35.0 Å². The maximum Gasteiger partial charge on any atom is 0.344 e. The summed E-state index contributed by atoms with van der Waals surface area (Å²) in [5.74, 6) is -0.174. The smallest absolute Gasteiger partial charge is 0.344 e. The molecule has 0 saturated heterocycles. The maximum atomic E-state index is 13.6. The number of ether oxygens (including phenoxy) is 4. The number of hydrogen-bond donors (Lipinski definition) is 0. The van der Waals surface area contributed by atoms with E-state index in [1.165, 1.54) is 33.5 Å². The van der Waals surface area contributed by atoms with Gasteiger partial charge in [-0.25, -0.2) is 4.79 Å². The summed E-state index contributed by atoms with van der Waals surface area (Å²) in [4.78, 5) is 26.9. The Labute approximate surface area is 206 Å². The Hall–Kier alpha value is -3.97. The van der Waals surface area contributed by atoms with Gasteiger partial charge in [0.25, 0.3) is 0 Å². The molecule has 0 spiro atoms. The van der Waals surface area contributed by atoms with Crippen LogP contribution in [-0.2, 0) is 0 Å². The molecule has 0 atom stereocenters. The van der Waals surface area contributed by atoms with Crippen LogP contribution in [0.5, 0.6) is 23.0 Å². The summed E-state index contributed by atoms with van der Waals surface area (Å²) in [6, 6.07) is 13.3. The van der Waals surface area contributed by atoms with Gasteiger partial charge in [0, 0.05) is 5.56 Å². The highest BCUT2D eigenvalue weighted by molar-refractivity contribution is 6.33. The molecule has 0 aliphatic carbocycles. The van der Waals surface area contributed by atoms with Crippen molar-refractivity contribution < 1.29 is 28.2 Å². The van der Waals surface area contributed by atoms with Gasteiger partial charge in [0.1, 0.15) is 5.58 Å². The van der Waals surface area contributed by atoms with Crippen molar-refractivity contribution >= 4 is 28.5 Å². The van der Waals surface area contributed by atoms with Crippen molar-refractivity contribution in [2.75, 3.05) is 21.3 Å². The van der Waals surface area contributed by atoms with Crippen molar-refractivity contribution in [3.63, 3.8) is 0 Å². The summed E-state index contributed by atoms with van der Waals surface area (Å²) in [5, 5.41) is 0.635. The second kappa shape index (κ2) is 9.72. The number of rotatable bonds is 6. The quantitative estimate of drug-likeness (QED) is 0.305. The number of carbonyl (C=O) groups excluding carboxylic acids is 1. The zero-order chi connectivity index (χ0) is 25.3. The zero-order valence-corrected chi connectivity index (χ0v) is 20.6. The summed E-state index contributed by atoms with van der Waals surface area (Å²) < 4.78 is 27.8. The van der Waals surface area contributed by atoms with Crippen LogP contribution in [0.15, 0.2) is 57.7 Å². The molecule has 0 aliphatic rings. The van der Waals surface area contributed by atoms with Crippen molar-refractivity contribution in [1.82, 2.24) is 0 Å². The predicted octanol–water partition coefficient (Wildman–Crippen LogP) is 5.98. The Morgan fingerprint density at radius 2 is 1.54 bits per heavy atom. The third-order valence-corrected chi connectivity index (χ3v) is 5.82. The number of esters is 1. The molecule has 3 aromatic carbocycles. The molecule has 1 heterocycles. The molecule has 1 aromatic heterocycles. The molecule has 0 amide bonds. The van der Waals surface area contributed by atoms with Gasteiger partial charge in [-0.05, 0) is 55.3 Å². The molecule has 0 bridgehead atoms. The lowest BCUT2D eigenvalue weighted by atomic mass is 10.1. The minimum absolute atomic E-state index is 0.0563. The first-order chi connectivity index (χ1) is 16.8. The van der Waals surface area contributed by atoms with E-state index in [1.807, 2.05) is 19.9 Å². The average Bonchev–Trinajstić information content (AvgIpc) is 2.85. The molecule has 0 unspecified atom stereocenters. The topological polar surface area (TPSA) is 84.2 Å². The zero-order valence-electron chi connectivity index (χ0n) is 19.9. The number of hydrogen-bond acceptors (Lipinski definition) is 7. The van der Waals surface area contributed by atoms with Crippen molar-refractivity contribution in [3.8, 4) is 34.3 Å². The molecule has 8 heteroatoms. The summed E-state index contributed by atoms with van der Waals surface area (Å²) in [6.07, 6.45) is 0. The van der Waals surface area contributed by atoms with Gasteiger partial charge in [-0.3, -0.25) is 4.79 Å². The van der Waals surface area contributed by atoms with Crippen molar-refractivity contribution in [3.05, 3.63) is 80.5 Å². The molecular weight excluding hydrogens is 472 g/mol. The third kappa shape index (κ3) is 4.42. The monoisotopic (exact) mass is 494 g/mol. The third-order valence-electron chi connectivity index (χ3n) is 5.49.